The van der Waals surface area contributed by atoms with Crippen LogP contribution in [0.1, 0.15) is 24.2 Å². The number of carbonyl (C=O) groups excluding carboxylic acids is 1. The number of carbonyl (C=O) groups is 1. The van der Waals surface area contributed by atoms with Crippen molar-refractivity contribution in [2.45, 2.75) is 26.1 Å². The number of nitrogens with two attached hydrogens (primary N) is 1. The Morgan fingerprint density at radius 1 is 1.41 bits per heavy atom. The van der Waals surface area contributed by atoms with Crippen LogP contribution >= 0.6 is 0 Å². The lowest BCUT2D eigenvalue weighted by Crippen LogP contribution is -2.45. The summed E-state index contributed by atoms with van der Waals surface area (Å²) >= 11 is 0. The highest BCUT2D eigenvalue weighted by Crippen LogP contribution is 2.18. The number of aromatic nitrogens is 1. The molecule has 0 bridgehead atoms. The Bertz CT molecular complexity index is 395. The molecule has 5 nitrogen and oxygen atoms in total. The topological polar surface area (TPSA) is 68.5 Å². The van der Waals surface area contributed by atoms with Gasteiger partial charge >= 0.3 is 0 Å². The third-order valence-corrected chi connectivity index (χ3v) is 2.78. The molecule has 2 atom stereocenters. The van der Waals surface area contributed by atoms with Gasteiger partial charge in [-0.1, -0.05) is 0 Å². The quantitative estimate of drug-likeness (QED) is 0.823. The third-order valence-electron chi connectivity index (χ3n) is 2.78. The standard InChI is InChI=1S/C12H17N3O2/c1-8-6-15(7-9(2)17-8)11-4-3-10(5-14-11)12(13)16/h3-5,8-9H,6-7H2,1-2H3,(H2,13,16). The summed E-state index contributed by atoms with van der Waals surface area (Å²) in [7, 11) is 0. The average molecular weight is 235 g/mol. The largest absolute Gasteiger partial charge is 0.372 e. The van der Waals surface area contributed by atoms with Gasteiger partial charge in [0, 0.05) is 19.3 Å². The van der Waals surface area contributed by atoms with Crippen LogP contribution in [0.2, 0.25) is 0 Å². The number of amides is 1. The first-order valence-corrected chi connectivity index (χ1v) is 5.72. The van der Waals surface area contributed by atoms with Gasteiger partial charge in [-0.15, -0.1) is 0 Å². The van der Waals surface area contributed by atoms with Crippen LogP contribution in [-0.2, 0) is 4.74 Å². The van der Waals surface area contributed by atoms with Gasteiger partial charge in [0.05, 0.1) is 17.8 Å². The van der Waals surface area contributed by atoms with Crippen molar-refractivity contribution in [2.75, 3.05) is 18.0 Å². The smallest absolute Gasteiger partial charge is 0.250 e. The highest BCUT2D eigenvalue weighted by molar-refractivity contribution is 5.92. The van der Waals surface area contributed by atoms with Crippen LogP contribution in [0.3, 0.4) is 0 Å². The Morgan fingerprint density at radius 2 is 2.06 bits per heavy atom. The van der Waals surface area contributed by atoms with E-state index in [1.165, 1.54) is 6.20 Å². The molecule has 92 valence electrons. The SMILES string of the molecule is CC1CN(c2ccc(C(N)=O)cn2)CC(C)O1. The first-order valence-electron chi connectivity index (χ1n) is 5.72. The van der Waals surface area contributed by atoms with Gasteiger partial charge in [-0.05, 0) is 26.0 Å². The number of anilines is 1. The van der Waals surface area contributed by atoms with E-state index in [1.807, 2.05) is 19.9 Å². The van der Waals surface area contributed by atoms with Crippen LogP contribution in [0.15, 0.2) is 18.3 Å². The van der Waals surface area contributed by atoms with Gasteiger partial charge in [-0.2, -0.15) is 0 Å². The first-order chi connectivity index (χ1) is 8.06. The molecule has 2 rings (SSSR count). The van der Waals surface area contributed by atoms with Gasteiger partial charge in [-0.3, -0.25) is 4.79 Å². The molecule has 2 unspecified atom stereocenters. The average Bonchev–Trinajstić information content (AvgIpc) is 2.28. The normalized spacial score (nSPS) is 24.7. The number of nitrogens with zero attached hydrogens (tertiary/aromatic N) is 2. The van der Waals surface area contributed by atoms with Gasteiger partial charge in [0.15, 0.2) is 0 Å². The fraction of sp³-hybridized carbons (Fsp3) is 0.500. The lowest BCUT2D eigenvalue weighted by atomic mass is 10.2. The number of primary amides is 1. The van der Waals surface area contributed by atoms with E-state index in [9.17, 15) is 4.79 Å². The maximum absolute atomic E-state index is 10.9. The third kappa shape index (κ3) is 2.74. The highest BCUT2D eigenvalue weighted by atomic mass is 16.5. The second-order valence-electron chi connectivity index (χ2n) is 4.43. The summed E-state index contributed by atoms with van der Waals surface area (Å²) in [4.78, 5) is 17.4. The molecule has 0 radical (unpaired) electrons. The molecule has 1 aromatic heterocycles. The molecule has 5 heteroatoms. The van der Waals surface area contributed by atoms with E-state index in [1.54, 1.807) is 6.07 Å². The van der Waals surface area contributed by atoms with E-state index in [4.69, 9.17) is 10.5 Å². The molecule has 0 aliphatic carbocycles. The molecule has 1 saturated heterocycles. The minimum Gasteiger partial charge on any atom is -0.372 e. The molecule has 0 aromatic carbocycles. The summed E-state index contributed by atoms with van der Waals surface area (Å²) in [6, 6.07) is 3.53. The van der Waals surface area contributed by atoms with Gasteiger partial charge in [-0.25, -0.2) is 4.98 Å². The summed E-state index contributed by atoms with van der Waals surface area (Å²) in [6.45, 7) is 5.71. The van der Waals surface area contributed by atoms with Crippen molar-refractivity contribution < 1.29 is 9.53 Å². The summed E-state index contributed by atoms with van der Waals surface area (Å²) in [5.41, 5.74) is 5.61. The maximum atomic E-state index is 10.9. The zero-order chi connectivity index (χ0) is 12.4. The van der Waals surface area contributed by atoms with Gasteiger partial charge in [0.2, 0.25) is 5.91 Å². The molecule has 1 aromatic rings. The van der Waals surface area contributed by atoms with Crippen molar-refractivity contribution in [3.63, 3.8) is 0 Å². The van der Waals surface area contributed by atoms with E-state index >= 15 is 0 Å². The molecule has 0 spiro atoms. The lowest BCUT2D eigenvalue weighted by molar-refractivity contribution is -0.00546. The summed E-state index contributed by atoms with van der Waals surface area (Å²) < 4.78 is 5.66. The number of pyridine rings is 1. The second-order valence-corrected chi connectivity index (χ2v) is 4.43. The second kappa shape index (κ2) is 4.71. The highest BCUT2D eigenvalue weighted by Gasteiger charge is 2.23. The zero-order valence-electron chi connectivity index (χ0n) is 10.1. The van der Waals surface area contributed by atoms with E-state index in [0.29, 0.717) is 5.56 Å². The van der Waals surface area contributed by atoms with Gasteiger partial charge < -0.3 is 15.4 Å². The van der Waals surface area contributed by atoms with Crippen molar-refractivity contribution >= 4 is 11.7 Å². The summed E-state index contributed by atoms with van der Waals surface area (Å²) in [6.07, 6.45) is 1.90. The molecule has 0 saturated carbocycles. The molecular formula is C12H17N3O2. The fourth-order valence-corrected chi connectivity index (χ4v) is 2.08. The predicted molar refractivity (Wildman–Crippen MR) is 65.0 cm³/mol. The molecular weight excluding hydrogens is 218 g/mol. The van der Waals surface area contributed by atoms with Crippen molar-refractivity contribution in [3.8, 4) is 0 Å². The lowest BCUT2D eigenvalue weighted by Gasteiger charge is -2.36. The minimum absolute atomic E-state index is 0.191. The Balaban J connectivity index is 2.14. The number of ether oxygens (including phenoxy) is 1. The van der Waals surface area contributed by atoms with Crippen molar-refractivity contribution in [1.82, 2.24) is 4.98 Å². The Morgan fingerprint density at radius 3 is 2.53 bits per heavy atom. The number of morpholine rings is 1. The minimum atomic E-state index is -0.451. The molecule has 1 aliphatic rings. The predicted octanol–water partition coefficient (Wildman–Crippen LogP) is 0.794. The summed E-state index contributed by atoms with van der Waals surface area (Å²) in [5.74, 6) is 0.407. The van der Waals surface area contributed by atoms with Gasteiger partial charge in [0.25, 0.3) is 0 Å². The monoisotopic (exact) mass is 235 g/mol. The van der Waals surface area contributed by atoms with Crippen LogP contribution < -0.4 is 10.6 Å². The van der Waals surface area contributed by atoms with Crippen LogP contribution in [0.5, 0.6) is 0 Å². The molecule has 1 aliphatic heterocycles. The molecule has 2 N–H and O–H groups in total. The van der Waals surface area contributed by atoms with E-state index in [2.05, 4.69) is 9.88 Å². The molecule has 17 heavy (non-hydrogen) atoms. The Hall–Kier alpha value is -1.62. The maximum Gasteiger partial charge on any atom is 0.250 e. The van der Waals surface area contributed by atoms with Crippen LogP contribution in [0, 0.1) is 0 Å². The molecule has 1 amide bonds. The molecule has 2 heterocycles. The Kier molecular flexibility index (Phi) is 3.28. The van der Waals surface area contributed by atoms with Crippen LogP contribution in [0.4, 0.5) is 5.82 Å². The number of hydrogen-bond acceptors (Lipinski definition) is 4. The van der Waals surface area contributed by atoms with Crippen molar-refractivity contribution in [3.05, 3.63) is 23.9 Å². The van der Waals surface area contributed by atoms with E-state index < -0.39 is 5.91 Å². The van der Waals surface area contributed by atoms with Crippen molar-refractivity contribution in [2.24, 2.45) is 5.73 Å². The van der Waals surface area contributed by atoms with Gasteiger partial charge in [0.1, 0.15) is 5.82 Å². The number of rotatable bonds is 2. The van der Waals surface area contributed by atoms with Crippen LogP contribution in [-0.4, -0.2) is 36.2 Å². The summed E-state index contributed by atoms with van der Waals surface area (Å²) in [5, 5.41) is 0. The van der Waals surface area contributed by atoms with Crippen LogP contribution in [0.25, 0.3) is 0 Å². The van der Waals surface area contributed by atoms with E-state index in [0.717, 1.165) is 18.9 Å². The number of hydrogen-bond donors (Lipinski definition) is 1. The zero-order valence-corrected chi connectivity index (χ0v) is 10.1. The molecule has 1 fully saturated rings. The van der Waals surface area contributed by atoms with Crippen molar-refractivity contribution in [1.29, 1.82) is 0 Å². The fourth-order valence-electron chi connectivity index (χ4n) is 2.08. The van der Waals surface area contributed by atoms with E-state index in [-0.39, 0.29) is 12.2 Å². The first kappa shape index (κ1) is 11.9. The Labute approximate surface area is 101 Å².